The lowest BCUT2D eigenvalue weighted by Crippen LogP contribution is -2.65. The second-order valence-corrected chi connectivity index (χ2v) is 10.8. The van der Waals surface area contributed by atoms with Gasteiger partial charge >= 0.3 is 5.97 Å². The van der Waals surface area contributed by atoms with Crippen molar-refractivity contribution in [1.82, 2.24) is 0 Å². The summed E-state index contributed by atoms with van der Waals surface area (Å²) in [5.74, 6) is 0.673. The van der Waals surface area contributed by atoms with Crippen molar-refractivity contribution in [2.45, 2.75) is 91.6 Å². The van der Waals surface area contributed by atoms with Crippen LogP contribution in [0.1, 0.15) is 86.0 Å². The molecule has 3 nitrogen and oxygen atoms in total. The predicted molar refractivity (Wildman–Crippen MR) is 114 cm³/mol. The second-order valence-electron chi connectivity index (χ2n) is 10.8. The number of ether oxygens (including phenoxy) is 1. The number of hydrogen-bond donors (Lipinski definition) is 1. The molecular formula is C25H40O3. The fourth-order valence-electron chi connectivity index (χ4n) is 6.70. The van der Waals surface area contributed by atoms with Crippen molar-refractivity contribution in [3.05, 3.63) is 24.3 Å². The van der Waals surface area contributed by atoms with E-state index in [2.05, 4.69) is 33.4 Å². The molecule has 6 atom stereocenters. The first-order chi connectivity index (χ1) is 13.0. The van der Waals surface area contributed by atoms with Crippen LogP contribution >= 0.6 is 0 Å². The van der Waals surface area contributed by atoms with Gasteiger partial charge in [0, 0.05) is 11.0 Å². The zero-order valence-electron chi connectivity index (χ0n) is 18.6. The first-order valence-corrected chi connectivity index (χ1v) is 11.2. The molecule has 0 aromatic rings. The maximum Gasteiger partial charge on any atom is 0.333 e. The maximum absolute atomic E-state index is 12.2. The molecule has 28 heavy (non-hydrogen) atoms. The third-order valence-corrected chi connectivity index (χ3v) is 9.16. The van der Waals surface area contributed by atoms with Crippen LogP contribution in [-0.4, -0.2) is 23.3 Å². The minimum absolute atomic E-state index is 0.167. The number of esters is 1. The van der Waals surface area contributed by atoms with Crippen molar-refractivity contribution >= 4 is 5.97 Å². The van der Waals surface area contributed by atoms with Gasteiger partial charge in [0.05, 0.1) is 12.2 Å². The van der Waals surface area contributed by atoms with Crippen molar-refractivity contribution in [2.75, 3.05) is 6.61 Å². The molecule has 3 aliphatic carbocycles. The molecule has 0 saturated heterocycles. The van der Waals surface area contributed by atoms with E-state index < -0.39 is 5.60 Å². The van der Waals surface area contributed by atoms with Crippen LogP contribution in [0.25, 0.3) is 0 Å². The highest BCUT2D eigenvalue weighted by atomic mass is 16.5. The van der Waals surface area contributed by atoms with E-state index in [4.69, 9.17) is 4.74 Å². The van der Waals surface area contributed by atoms with Crippen LogP contribution in [0.4, 0.5) is 0 Å². The fraction of sp³-hybridized carbons (Fsp3) is 0.800. The lowest BCUT2D eigenvalue weighted by atomic mass is 9.42. The summed E-state index contributed by atoms with van der Waals surface area (Å²) in [4.78, 5) is 12.2. The Balaban J connectivity index is 1.84. The number of allylic oxidation sites excluding steroid dienone is 2. The molecular weight excluding hydrogens is 348 g/mol. The summed E-state index contributed by atoms with van der Waals surface area (Å²) in [5.41, 5.74) is -0.0815. The molecule has 0 radical (unpaired) electrons. The topological polar surface area (TPSA) is 46.5 Å². The predicted octanol–water partition coefficient (Wildman–Crippen LogP) is 5.83. The maximum atomic E-state index is 12.2. The third-order valence-electron chi connectivity index (χ3n) is 9.16. The van der Waals surface area contributed by atoms with Gasteiger partial charge in [0.1, 0.15) is 0 Å². The summed E-state index contributed by atoms with van der Waals surface area (Å²) in [7, 11) is 0. The number of aliphatic hydroxyl groups is 1. The summed E-state index contributed by atoms with van der Waals surface area (Å²) < 4.78 is 5.69. The van der Waals surface area contributed by atoms with E-state index in [9.17, 15) is 9.90 Å². The van der Waals surface area contributed by atoms with Crippen molar-refractivity contribution < 1.29 is 14.6 Å². The van der Waals surface area contributed by atoms with Crippen molar-refractivity contribution in [1.29, 1.82) is 0 Å². The zero-order valence-corrected chi connectivity index (χ0v) is 18.6. The van der Waals surface area contributed by atoms with Crippen LogP contribution in [0.15, 0.2) is 24.3 Å². The largest absolute Gasteiger partial charge is 0.462 e. The molecule has 0 spiro atoms. The highest BCUT2D eigenvalue weighted by Gasteiger charge is 2.64. The Hall–Kier alpha value is -1.09. The molecule has 3 rings (SSSR count). The van der Waals surface area contributed by atoms with Gasteiger partial charge < -0.3 is 9.84 Å². The van der Waals surface area contributed by atoms with Gasteiger partial charge in [-0.2, -0.15) is 0 Å². The molecule has 3 fully saturated rings. The van der Waals surface area contributed by atoms with Crippen molar-refractivity contribution in [2.24, 2.45) is 28.1 Å². The van der Waals surface area contributed by atoms with Gasteiger partial charge in [-0.1, -0.05) is 39.3 Å². The molecule has 0 aliphatic heterocycles. The smallest absolute Gasteiger partial charge is 0.333 e. The fourth-order valence-corrected chi connectivity index (χ4v) is 6.70. The number of hydrogen-bond acceptors (Lipinski definition) is 3. The Morgan fingerprint density at radius 3 is 2.54 bits per heavy atom. The van der Waals surface area contributed by atoms with Crippen LogP contribution in [0.2, 0.25) is 0 Å². The third kappa shape index (κ3) is 3.28. The molecule has 0 aromatic carbocycles. The molecule has 6 unspecified atom stereocenters. The van der Waals surface area contributed by atoms with Gasteiger partial charge in [0.25, 0.3) is 0 Å². The average Bonchev–Trinajstić information content (AvgIpc) is 2.68. The van der Waals surface area contributed by atoms with E-state index in [-0.39, 0.29) is 28.1 Å². The van der Waals surface area contributed by atoms with Gasteiger partial charge in [0.15, 0.2) is 0 Å². The van der Waals surface area contributed by atoms with Crippen LogP contribution in [-0.2, 0) is 9.53 Å². The average molecular weight is 389 g/mol. The molecule has 158 valence electrons. The highest BCUT2D eigenvalue weighted by Crippen LogP contribution is 2.66. The Morgan fingerprint density at radius 2 is 1.89 bits per heavy atom. The van der Waals surface area contributed by atoms with Gasteiger partial charge in [-0.25, -0.2) is 4.79 Å². The molecule has 0 heterocycles. The van der Waals surface area contributed by atoms with Crippen LogP contribution in [0.5, 0.6) is 0 Å². The molecule has 1 N–H and O–H groups in total. The van der Waals surface area contributed by atoms with Gasteiger partial charge in [-0.3, -0.25) is 0 Å². The lowest BCUT2D eigenvalue weighted by molar-refractivity contribution is -0.240. The second kappa shape index (κ2) is 7.31. The summed E-state index contributed by atoms with van der Waals surface area (Å²) in [6.45, 7) is 15.0. The number of rotatable bonds is 4. The molecule has 0 amide bonds. The molecule has 3 saturated carbocycles. The Bertz CT molecular complexity index is 667. The van der Waals surface area contributed by atoms with Gasteiger partial charge in [0.2, 0.25) is 0 Å². The Labute approximate surface area is 171 Å². The molecule has 0 aromatic heterocycles. The first kappa shape index (κ1) is 21.6. The van der Waals surface area contributed by atoms with Gasteiger partial charge in [-0.15, -0.1) is 6.58 Å². The highest BCUT2D eigenvalue weighted by molar-refractivity contribution is 5.87. The first-order valence-electron chi connectivity index (χ1n) is 11.2. The van der Waals surface area contributed by atoms with E-state index in [0.29, 0.717) is 18.1 Å². The Morgan fingerprint density at radius 1 is 1.18 bits per heavy atom. The monoisotopic (exact) mass is 388 g/mol. The lowest BCUT2D eigenvalue weighted by Gasteiger charge is -2.65. The summed E-state index contributed by atoms with van der Waals surface area (Å²) in [6, 6.07) is 0. The van der Waals surface area contributed by atoms with Crippen LogP contribution in [0.3, 0.4) is 0 Å². The van der Waals surface area contributed by atoms with Gasteiger partial charge in [-0.05, 0) is 81.5 Å². The van der Waals surface area contributed by atoms with Crippen molar-refractivity contribution in [3.63, 3.8) is 0 Å². The van der Waals surface area contributed by atoms with E-state index in [1.807, 2.05) is 6.92 Å². The molecule has 0 bridgehead atoms. The zero-order chi connectivity index (χ0) is 20.8. The summed E-state index contributed by atoms with van der Waals surface area (Å²) in [6.07, 6.45) is 12.4. The van der Waals surface area contributed by atoms with E-state index >= 15 is 0 Å². The van der Waals surface area contributed by atoms with E-state index in [1.54, 1.807) is 13.0 Å². The quantitative estimate of drug-likeness (QED) is 0.375. The standard InChI is InChI=1S/C25H40O3/c1-7-18(3)21(26)28-17-23(5)12-9-10-20-24(6)15-14-22(4,8-2)16-19(24)11-13-25(20,23)27/h7-8,19-20,27H,2,9-17H2,1,3-6H3. The summed E-state index contributed by atoms with van der Waals surface area (Å²) >= 11 is 0. The minimum atomic E-state index is -0.747. The van der Waals surface area contributed by atoms with E-state index in [0.717, 1.165) is 44.9 Å². The minimum Gasteiger partial charge on any atom is -0.462 e. The molecule has 3 aliphatic rings. The van der Waals surface area contributed by atoms with Crippen molar-refractivity contribution in [3.8, 4) is 0 Å². The Kier molecular flexibility index (Phi) is 5.64. The SMILES string of the molecule is C=CC1(C)CCC2(C)C(CCC3(O)C2CCCC3(C)COC(=O)C(C)=CC)C1. The van der Waals surface area contributed by atoms with Crippen LogP contribution in [0, 0.1) is 28.1 Å². The molecule has 3 heteroatoms. The number of carbonyl (C=O) groups is 1. The normalized spacial score (nSPS) is 46.3. The van der Waals surface area contributed by atoms with Crippen LogP contribution < -0.4 is 0 Å². The number of fused-ring (bicyclic) bond motifs is 3. The number of carbonyl (C=O) groups excluding carboxylic acids is 1. The summed E-state index contributed by atoms with van der Waals surface area (Å²) in [5, 5.41) is 12.1. The van der Waals surface area contributed by atoms with E-state index in [1.165, 1.54) is 6.42 Å².